The average Bonchev–Trinajstić information content (AvgIpc) is 3.33. The van der Waals surface area contributed by atoms with Gasteiger partial charge in [-0.2, -0.15) is 4.31 Å². The van der Waals surface area contributed by atoms with Crippen LogP contribution in [0.5, 0.6) is 0 Å². The van der Waals surface area contributed by atoms with Gasteiger partial charge in [0.05, 0.1) is 22.8 Å². The lowest BCUT2D eigenvalue weighted by molar-refractivity contribution is -0.136. The first-order valence-corrected chi connectivity index (χ1v) is 12.7. The zero-order valence-corrected chi connectivity index (χ0v) is 19.3. The number of Topliss-reactive ketones (excluding diaryl/α,β-unsaturated/α-hetero) is 1. The lowest BCUT2D eigenvalue weighted by Gasteiger charge is -2.33. The van der Waals surface area contributed by atoms with Crippen molar-refractivity contribution in [3.63, 3.8) is 0 Å². The minimum Gasteiger partial charge on any atom is -0.299 e. The Kier molecular flexibility index (Phi) is 5.25. The van der Waals surface area contributed by atoms with E-state index in [1.807, 2.05) is 38.1 Å². The number of nitrogens with one attached hydrogen (secondary N) is 1. The van der Waals surface area contributed by atoms with Crippen molar-refractivity contribution in [3.05, 3.63) is 65.2 Å². The Morgan fingerprint density at radius 3 is 2.24 bits per heavy atom. The molecular formula is C25H26N2O5S. The Bertz CT molecular complexity index is 1240. The monoisotopic (exact) mass is 466 g/mol. The predicted octanol–water partition coefficient (Wildman–Crippen LogP) is 2.40. The molecule has 1 aliphatic carbocycles. The number of rotatable bonds is 4. The maximum Gasteiger partial charge on any atom is 0.243 e. The quantitative estimate of drug-likeness (QED) is 0.698. The predicted molar refractivity (Wildman–Crippen MR) is 120 cm³/mol. The van der Waals surface area contributed by atoms with E-state index in [9.17, 15) is 22.8 Å². The molecule has 1 N–H and O–H groups in total. The minimum absolute atomic E-state index is 0.0225. The standard InChI is InChI=1S/C25H26N2O5S/c1-3-15-6-8-16(9-7-15)23-22-19(21-18(12-20(22)28)24(29)26-25(21)30)13-27(23)33(31,32)17-10-4-14(2)5-11-17/h4-11,18-19,21-23H,3,12-13H2,1-2H3,(H,26,29,30)/t18-,19-,21-,22-,23-/m0/s1. The lowest BCUT2D eigenvalue weighted by atomic mass is 9.66. The minimum atomic E-state index is -3.95. The summed E-state index contributed by atoms with van der Waals surface area (Å²) in [4.78, 5) is 38.4. The summed E-state index contributed by atoms with van der Waals surface area (Å²) in [5.74, 6) is -3.60. The highest BCUT2D eigenvalue weighted by Gasteiger charge is 2.61. The van der Waals surface area contributed by atoms with E-state index in [0.717, 1.165) is 23.1 Å². The van der Waals surface area contributed by atoms with E-state index in [4.69, 9.17) is 0 Å². The van der Waals surface area contributed by atoms with Crippen molar-refractivity contribution in [2.24, 2.45) is 23.7 Å². The van der Waals surface area contributed by atoms with Crippen LogP contribution < -0.4 is 5.32 Å². The van der Waals surface area contributed by atoms with Gasteiger partial charge in [0.15, 0.2) is 0 Å². The summed E-state index contributed by atoms with van der Waals surface area (Å²) in [5.41, 5.74) is 2.78. The highest BCUT2D eigenvalue weighted by molar-refractivity contribution is 7.89. The third kappa shape index (κ3) is 3.43. The van der Waals surface area contributed by atoms with Gasteiger partial charge in [-0.1, -0.05) is 48.9 Å². The van der Waals surface area contributed by atoms with Crippen molar-refractivity contribution in [2.45, 2.75) is 37.6 Å². The second-order valence-electron chi connectivity index (χ2n) is 9.27. The molecule has 2 aliphatic heterocycles. The van der Waals surface area contributed by atoms with E-state index in [-0.39, 0.29) is 23.6 Å². The van der Waals surface area contributed by atoms with Crippen LogP contribution in [0.25, 0.3) is 0 Å². The third-order valence-corrected chi connectivity index (χ3v) is 9.29. The summed E-state index contributed by atoms with van der Waals surface area (Å²) in [6.07, 6.45) is 0.804. The van der Waals surface area contributed by atoms with Crippen molar-refractivity contribution in [2.75, 3.05) is 6.54 Å². The fourth-order valence-electron chi connectivity index (χ4n) is 5.73. The first-order chi connectivity index (χ1) is 15.7. The van der Waals surface area contributed by atoms with Crippen LogP contribution in [0.15, 0.2) is 53.4 Å². The summed E-state index contributed by atoms with van der Waals surface area (Å²) >= 11 is 0. The third-order valence-electron chi connectivity index (χ3n) is 7.43. The number of hydrogen-bond acceptors (Lipinski definition) is 5. The molecular weight excluding hydrogens is 440 g/mol. The number of amides is 2. The fourth-order valence-corrected chi connectivity index (χ4v) is 7.40. The lowest BCUT2D eigenvalue weighted by Crippen LogP contribution is -2.42. The Balaban J connectivity index is 1.63. The van der Waals surface area contributed by atoms with E-state index in [0.29, 0.717) is 0 Å². The Hall–Kier alpha value is -2.84. The van der Waals surface area contributed by atoms with Crippen molar-refractivity contribution < 1.29 is 22.8 Å². The molecule has 2 amide bonds. The van der Waals surface area contributed by atoms with Crippen LogP contribution in [0.3, 0.4) is 0 Å². The first kappa shape index (κ1) is 22.0. The van der Waals surface area contributed by atoms with Crippen LogP contribution in [-0.2, 0) is 30.8 Å². The van der Waals surface area contributed by atoms with Crippen LogP contribution in [-0.4, -0.2) is 36.9 Å². The number of hydrogen-bond donors (Lipinski definition) is 1. The molecule has 8 heteroatoms. The topological polar surface area (TPSA) is 101 Å². The van der Waals surface area contributed by atoms with Crippen LogP contribution in [0.4, 0.5) is 0 Å². The Labute approximate surface area is 193 Å². The maximum absolute atomic E-state index is 13.8. The fraction of sp³-hybridized carbons (Fsp3) is 0.400. The second kappa shape index (κ2) is 7.88. The normalized spacial score (nSPS) is 29.6. The van der Waals surface area contributed by atoms with Crippen molar-refractivity contribution in [1.82, 2.24) is 9.62 Å². The Morgan fingerprint density at radius 1 is 0.939 bits per heavy atom. The van der Waals surface area contributed by atoms with E-state index < -0.39 is 51.6 Å². The molecule has 0 spiro atoms. The van der Waals surface area contributed by atoms with Crippen LogP contribution in [0, 0.1) is 30.6 Å². The molecule has 33 heavy (non-hydrogen) atoms. The van der Waals surface area contributed by atoms with Crippen molar-refractivity contribution in [1.29, 1.82) is 0 Å². The van der Waals surface area contributed by atoms with Gasteiger partial charge in [0.1, 0.15) is 5.78 Å². The van der Waals surface area contributed by atoms with E-state index in [1.165, 1.54) is 4.31 Å². The molecule has 2 aromatic carbocycles. The van der Waals surface area contributed by atoms with E-state index in [2.05, 4.69) is 5.32 Å². The molecule has 2 saturated heterocycles. The molecule has 2 heterocycles. The number of carbonyl (C=O) groups is 3. The van der Waals surface area contributed by atoms with Gasteiger partial charge in [-0.05, 0) is 42.5 Å². The van der Waals surface area contributed by atoms with Gasteiger partial charge in [0.2, 0.25) is 21.8 Å². The molecule has 7 nitrogen and oxygen atoms in total. The van der Waals surface area contributed by atoms with Gasteiger partial charge in [0.25, 0.3) is 0 Å². The van der Waals surface area contributed by atoms with E-state index >= 15 is 0 Å². The molecule has 3 aliphatic rings. The Morgan fingerprint density at radius 2 is 1.61 bits per heavy atom. The highest BCUT2D eigenvalue weighted by atomic mass is 32.2. The molecule has 0 unspecified atom stereocenters. The maximum atomic E-state index is 13.8. The SMILES string of the molecule is CCc1ccc([C@H]2[C@@H]3C(=O)C[C@@H]4C(=O)NC(=O)[C@@H]4[C@@H]3CN2S(=O)(=O)c2ccc(C)cc2)cc1. The number of fused-ring (bicyclic) bond motifs is 3. The molecule has 0 bridgehead atoms. The number of sulfonamides is 1. The zero-order chi connectivity index (χ0) is 23.5. The molecule has 5 rings (SSSR count). The molecule has 5 atom stereocenters. The number of carbonyl (C=O) groups excluding carboxylic acids is 3. The number of imide groups is 1. The molecule has 0 aromatic heterocycles. The summed E-state index contributed by atoms with van der Waals surface area (Å²) in [7, 11) is -3.95. The van der Waals surface area contributed by atoms with Crippen LogP contribution in [0.2, 0.25) is 0 Å². The van der Waals surface area contributed by atoms with E-state index in [1.54, 1.807) is 24.3 Å². The molecule has 172 valence electrons. The molecule has 1 saturated carbocycles. The zero-order valence-electron chi connectivity index (χ0n) is 18.5. The number of nitrogens with zero attached hydrogens (tertiary/aromatic N) is 1. The largest absolute Gasteiger partial charge is 0.299 e. The summed E-state index contributed by atoms with van der Waals surface area (Å²) < 4.78 is 29.0. The average molecular weight is 467 g/mol. The van der Waals surface area contributed by atoms with Gasteiger partial charge in [0, 0.05) is 18.9 Å². The number of aryl methyl sites for hydroxylation is 2. The van der Waals surface area contributed by atoms with Gasteiger partial charge < -0.3 is 0 Å². The van der Waals surface area contributed by atoms with Gasteiger partial charge >= 0.3 is 0 Å². The van der Waals surface area contributed by atoms with Crippen molar-refractivity contribution in [3.8, 4) is 0 Å². The molecule has 3 fully saturated rings. The number of ketones is 1. The highest BCUT2D eigenvalue weighted by Crippen LogP contribution is 2.53. The second-order valence-corrected chi connectivity index (χ2v) is 11.2. The van der Waals surface area contributed by atoms with Gasteiger partial charge in [-0.15, -0.1) is 0 Å². The van der Waals surface area contributed by atoms with Crippen LogP contribution >= 0.6 is 0 Å². The first-order valence-electron chi connectivity index (χ1n) is 11.3. The number of benzene rings is 2. The van der Waals surface area contributed by atoms with Crippen LogP contribution in [0.1, 0.15) is 36.1 Å². The molecule has 0 radical (unpaired) electrons. The summed E-state index contributed by atoms with van der Waals surface area (Å²) in [6.45, 7) is 3.94. The summed E-state index contributed by atoms with van der Waals surface area (Å²) in [5, 5.41) is 2.36. The summed E-state index contributed by atoms with van der Waals surface area (Å²) in [6, 6.07) is 13.6. The smallest absolute Gasteiger partial charge is 0.243 e. The van der Waals surface area contributed by atoms with Gasteiger partial charge in [-0.25, -0.2) is 8.42 Å². The molecule has 2 aromatic rings. The van der Waals surface area contributed by atoms with Gasteiger partial charge in [-0.3, -0.25) is 19.7 Å². The van der Waals surface area contributed by atoms with Crippen molar-refractivity contribution >= 4 is 27.6 Å².